The van der Waals surface area contributed by atoms with Crippen molar-refractivity contribution in [3.63, 3.8) is 0 Å². The van der Waals surface area contributed by atoms with E-state index in [0.29, 0.717) is 48.0 Å². The van der Waals surface area contributed by atoms with Gasteiger partial charge < -0.3 is 54.4 Å². The number of para-hydroxylation sites is 5. The number of Topliss-reactive ketones (excluding diaryl/α,β-unsaturated/α-hetero) is 3. The minimum Gasteiger partial charge on any atom is -0.493 e. The average molecular weight is 1950 g/mol. The van der Waals surface area contributed by atoms with Gasteiger partial charge in [0.05, 0.1) is 59.4 Å². The van der Waals surface area contributed by atoms with E-state index in [-0.39, 0.29) is 69.1 Å². The zero-order valence-electron chi connectivity index (χ0n) is 84.8. The Bertz CT molecular complexity index is 7050. The number of anilines is 8. The molecule has 0 bridgehead atoms. The van der Waals surface area contributed by atoms with Gasteiger partial charge in [0.2, 0.25) is 6.79 Å². The van der Waals surface area contributed by atoms with E-state index in [9.17, 15) is 27.6 Å². The fourth-order valence-corrected chi connectivity index (χ4v) is 25.5. The summed E-state index contributed by atoms with van der Waals surface area (Å²) in [6, 6.07) is 73.8. The number of fused-ring (bicyclic) bond motifs is 7. The fraction of sp³-hybridized carbons (Fsp3) is 0.361. The molecule has 5 atom stereocenters. The highest BCUT2D eigenvalue weighted by atomic mass is 32.2. The molecule has 144 heavy (non-hydrogen) atoms. The van der Waals surface area contributed by atoms with Gasteiger partial charge in [-0.1, -0.05) is 207 Å². The molecule has 10 aromatic carbocycles. The number of allylic oxidation sites excluding steroid dienone is 7. The SMILES string of the molecule is C=C1CCCC2=C1C(c1ccco1)N(S(=O)(=O)c1ccc(CC)cc1)c1ccccc1N2.CC1(C)CC(=O)C2=C(C1)Nc1ccccc1CC2c1ccc2c(c1)OCO2.CCCN1CCN(c2cc(N3CCCCC3)c3c4c2NOC4c2ccccc2C3=O)CC1.COc1ccc(C2Cc3ccccc3NC3=C2C(=O)CC(C)(C)C3)cc1OC.Cc1ccc(C2Cc3ccccc3NC3=C2C(=O)CC(C)(C)C3)cc1. The number of carbonyl (C=O) groups excluding carboxylic acids is 4. The molecule has 21 nitrogen and oxygen atoms in total. The molecule has 1 aromatic heterocycles. The second-order valence-corrected chi connectivity index (χ2v) is 44.7. The molecule has 5 N–H and O–H groups in total. The Labute approximate surface area is 847 Å². The van der Waals surface area contributed by atoms with Crippen LogP contribution in [0.4, 0.5) is 45.5 Å². The number of piperidine rings is 1. The number of ether oxygens (including phenoxy) is 4. The number of nitrogens with zero attached hydrogens (tertiary/aromatic N) is 4. The lowest BCUT2D eigenvalue weighted by Gasteiger charge is -2.38. The van der Waals surface area contributed by atoms with Gasteiger partial charge >= 0.3 is 0 Å². The summed E-state index contributed by atoms with van der Waals surface area (Å²) >= 11 is 0. The van der Waals surface area contributed by atoms with Crippen LogP contribution in [0.1, 0.15) is 246 Å². The molecule has 2 fully saturated rings. The van der Waals surface area contributed by atoms with Crippen molar-refractivity contribution in [1.29, 1.82) is 0 Å². The minimum absolute atomic E-state index is 0.00504. The van der Waals surface area contributed by atoms with E-state index in [1.54, 1.807) is 38.7 Å². The summed E-state index contributed by atoms with van der Waals surface area (Å²) in [4.78, 5) is 67.2. The molecule has 13 aliphatic rings. The van der Waals surface area contributed by atoms with E-state index >= 15 is 0 Å². The van der Waals surface area contributed by atoms with Crippen molar-refractivity contribution < 1.29 is 55.8 Å². The lowest BCUT2D eigenvalue weighted by Crippen LogP contribution is -2.46. The molecule has 5 aliphatic carbocycles. The molecule has 0 spiro atoms. The molecule has 0 radical (unpaired) electrons. The van der Waals surface area contributed by atoms with Crippen LogP contribution in [0.2, 0.25) is 0 Å². The molecular formula is C122H133N9O12S. The lowest BCUT2D eigenvalue weighted by molar-refractivity contribution is -0.119. The van der Waals surface area contributed by atoms with Crippen LogP contribution >= 0.6 is 0 Å². The van der Waals surface area contributed by atoms with Gasteiger partial charge in [0.15, 0.2) is 46.1 Å². The van der Waals surface area contributed by atoms with Crippen LogP contribution in [-0.2, 0) is 54.9 Å². The molecule has 744 valence electrons. The maximum Gasteiger partial charge on any atom is 0.265 e. The third-order valence-corrected chi connectivity index (χ3v) is 32.6. The first-order chi connectivity index (χ1) is 69.6. The predicted octanol–water partition coefficient (Wildman–Crippen LogP) is 25.7. The zero-order valence-corrected chi connectivity index (χ0v) is 85.6. The first-order valence-electron chi connectivity index (χ1n) is 51.6. The van der Waals surface area contributed by atoms with Crippen molar-refractivity contribution in [2.75, 3.05) is 108 Å². The Morgan fingerprint density at radius 1 is 0.472 bits per heavy atom. The normalized spacial score (nSPS) is 21.2. The first kappa shape index (κ1) is 97.8. The van der Waals surface area contributed by atoms with Crippen molar-refractivity contribution in [3.05, 3.63) is 360 Å². The number of hydrogen-bond acceptors (Lipinski definition) is 20. The summed E-state index contributed by atoms with van der Waals surface area (Å²) in [6.45, 7) is 31.4. The minimum atomic E-state index is -3.91. The summed E-state index contributed by atoms with van der Waals surface area (Å²) in [5, 5.41) is 14.3. The molecule has 5 unspecified atom stereocenters. The van der Waals surface area contributed by atoms with Gasteiger partial charge in [0.1, 0.15) is 17.9 Å². The van der Waals surface area contributed by atoms with Crippen molar-refractivity contribution in [1.82, 2.24) is 4.90 Å². The van der Waals surface area contributed by atoms with Crippen molar-refractivity contribution in [3.8, 4) is 23.0 Å². The highest BCUT2D eigenvalue weighted by Gasteiger charge is 2.48. The van der Waals surface area contributed by atoms with E-state index in [4.69, 9.17) is 28.2 Å². The van der Waals surface area contributed by atoms with Crippen molar-refractivity contribution in [2.45, 2.75) is 206 Å². The van der Waals surface area contributed by atoms with Crippen LogP contribution < -0.4 is 59.8 Å². The van der Waals surface area contributed by atoms with Crippen LogP contribution in [-0.4, -0.2) is 103 Å². The Hall–Kier alpha value is -13.7. The number of ketones is 4. The molecule has 0 amide bonds. The number of rotatable bonds is 13. The van der Waals surface area contributed by atoms with Crippen LogP contribution in [0.15, 0.2) is 297 Å². The van der Waals surface area contributed by atoms with Gasteiger partial charge in [-0.25, -0.2) is 12.7 Å². The van der Waals surface area contributed by atoms with E-state index in [2.05, 4.69) is 213 Å². The smallest absolute Gasteiger partial charge is 0.265 e. The van der Waals surface area contributed by atoms with E-state index < -0.39 is 16.1 Å². The Balaban J connectivity index is 0.000000110. The third kappa shape index (κ3) is 19.8. The summed E-state index contributed by atoms with van der Waals surface area (Å²) < 4.78 is 57.7. The molecule has 11 aromatic rings. The standard InChI is InChI=1S/C26H32N4O2.C26H26N2O3S.C24H27NO3.C23H23NO3.C23H25NO/c1-2-10-28-13-15-30(16-14-28)21-17-20(29-11-6-3-7-12-29)22-23-24(21)27-32-26(23)19-9-5-4-8-18(19)25(22)31;1-3-19-13-15-20(16-14-19)32(29,30)28-23-11-5-4-9-21(23)27-22-10-6-8-18(2)25(22)26(28)24-12-7-17-31-24;1-24(2)13-19-23(20(26)14-24)17(11-16-7-5-6-8-18(16)25-19)15-9-10-21(27-3)22(12-15)28-4;1-23(2)11-18-22(19(25)12-23)16(9-15-5-3-4-6-17(15)24-18)14-7-8-20-21(10-14)27-13-26-20;1-15-8-10-16(11-9-15)18-12-17-6-4-5-7-19(17)24-20-13-23(2,3)14-21(25)22(18)20/h4-5,8-9,17,26-27H,2-3,6-7,10-16H2,1H3;4-5,7,9,11-17,26-27H,2-3,6,8,10H2,1H3;5-10,12,17,25H,11,13-14H2,1-4H3;3-8,10,16,24H,9,11-13H2,1-2H3;4-11,18,24H,12-14H2,1-3H3. The maximum absolute atomic E-state index is 14.2. The summed E-state index contributed by atoms with van der Waals surface area (Å²) in [5.74, 6) is 4.60. The van der Waals surface area contributed by atoms with Gasteiger partial charge in [-0.3, -0.25) is 34.4 Å². The number of sulfonamides is 1. The number of nitrogens with one attached hydrogen (secondary N) is 5. The number of furan rings is 1. The largest absolute Gasteiger partial charge is 0.493 e. The number of carbonyl (C=O) groups is 4. The zero-order chi connectivity index (χ0) is 100. The first-order valence-corrected chi connectivity index (χ1v) is 53.0. The maximum atomic E-state index is 14.2. The lowest BCUT2D eigenvalue weighted by atomic mass is 9.71. The monoisotopic (exact) mass is 1950 g/mol. The van der Waals surface area contributed by atoms with Crippen LogP contribution in [0, 0.1) is 23.2 Å². The summed E-state index contributed by atoms with van der Waals surface area (Å²) in [6.07, 6.45) is 16.6. The second kappa shape index (κ2) is 40.9. The Morgan fingerprint density at radius 2 is 0.993 bits per heavy atom. The number of aryl methyl sites for hydroxylation is 2. The summed E-state index contributed by atoms with van der Waals surface area (Å²) in [7, 11) is -0.636. The fourth-order valence-electron chi connectivity index (χ4n) is 23.8. The molecule has 9 heterocycles. The second-order valence-electron chi connectivity index (χ2n) is 42.9. The highest BCUT2D eigenvalue weighted by molar-refractivity contribution is 7.92. The molecule has 22 heteroatoms. The molecular weight excluding hydrogens is 1820 g/mol. The van der Waals surface area contributed by atoms with E-state index in [1.165, 1.54) is 70.0 Å². The number of piperazine rings is 1. The molecule has 2 saturated heterocycles. The third-order valence-electron chi connectivity index (χ3n) is 30.9. The quantitative estimate of drug-likeness (QED) is 0.0722. The number of hydrogen-bond donors (Lipinski definition) is 5. The van der Waals surface area contributed by atoms with Gasteiger partial charge in [0.25, 0.3) is 10.0 Å². The molecule has 24 rings (SSSR count). The van der Waals surface area contributed by atoms with Crippen LogP contribution in [0.5, 0.6) is 23.0 Å². The Kier molecular flexibility index (Phi) is 27.7. The van der Waals surface area contributed by atoms with Gasteiger partial charge in [0, 0.05) is 150 Å². The van der Waals surface area contributed by atoms with Gasteiger partial charge in [-0.05, 0) is 255 Å². The Morgan fingerprint density at radius 3 is 1.56 bits per heavy atom. The molecule has 0 saturated carbocycles. The van der Waals surface area contributed by atoms with E-state index in [1.807, 2.05) is 103 Å². The van der Waals surface area contributed by atoms with Gasteiger partial charge in [-0.15, -0.1) is 0 Å². The highest BCUT2D eigenvalue weighted by Crippen LogP contribution is 2.57. The number of benzene rings is 10. The van der Waals surface area contributed by atoms with Crippen LogP contribution in [0.25, 0.3) is 0 Å². The van der Waals surface area contributed by atoms with Crippen molar-refractivity contribution >= 4 is 78.7 Å². The number of methoxy groups -OCH3 is 2. The molecule has 8 aliphatic heterocycles. The predicted molar refractivity (Wildman–Crippen MR) is 573 cm³/mol. The van der Waals surface area contributed by atoms with Gasteiger partial charge in [-0.2, -0.15) is 0 Å². The van der Waals surface area contributed by atoms with Crippen LogP contribution in [0.3, 0.4) is 0 Å². The topological polar surface area (TPSA) is 235 Å². The average Bonchev–Trinajstić information content (AvgIpc) is 1.50. The van der Waals surface area contributed by atoms with Crippen molar-refractivity contribution in [2.24, 2.45) is 16.2 Å². The van der Waals surface area contributed by atoms with E-state index in [0.717, 1.165) is 239 Å². The summed E-state index contributed by atoms with van der Waals surface area (Å²) in [5.41, 5.74) is 33.3.